The Morgan fingerprint density at radius 2 is 1.93 bits per heavy atom. The SMILES string of the molecule is CNC(=O)c1cc(C(=O)C[C@H]2C[C@@H]2C)cc(C(c2ccccc2)C(C)O)n1. The number of benzene rings is 1. The minimum Gasteiger partial charge on any atom is -0.392 e. The standard InChI is InChI=1S/C22H26N2O3/c1-13-9-16(13)12-20(26)17-10-18(24-19(11-17)22(27)23-3)21(14(2)25)15-7-5-4-6-8-15/h4-8,10-11,13-14,16,21,25H,9,12H2,1-3H3,(H,23,27)/t13-,14?,16+,21?/m0/s1. The van der Waals surface area contributed by atoms with Crippen LogP contribution in [-0.4, -0.2) is 34.9 Å². The summed E-state index contributed by atoms with van der Waals surface area (Å²) in [5.41, 5.74) is 2.11. The second kappa shape index (κ2) is 8.01. The van der Waals surface area contributed by atoms with Crippen molar-refractivity contribution < 1.29 is 14.7 Å². The van der Waals surface area contributed by atoms with E-state index in [1.807, 2.05) is 30.3 Å². The van der Waals surface area contributed by atoms with Crippen molar-refractivity contribution in [2.24, 2.45) is 11.8 Å². The Morgan fingerprint density at radius 3 is 2.48 bits per heavy atom. The Hall–Kier alpha value is -2.53. The number of hydrogen-bond acceptors (Lipinski definition) is 4. The molecule has 1 amide bonds. The Balaban J connectivity index is 2.03. The quantitative estimate of drug-likeness (QED) is 0.738. The van der Waals surface area contributed by atoms with Crippen molar-refractivity contribution in [2.75, 3.05) is 7.05 Å². The normalized spacial score (nSPS) is 20.6. The van der Waals surface area contributed by atoms with E-state index in [9.17, 15) is 14.7 Å². The number of ketones is 1. The lowest BCUT2D eigenvalue weighted by Crippen LogP contribution is -2.23. The second-order valence-corrected chi connectivity index (χ2v) is 7.47. The summed E-state index contributed by atoms with van der Waals surface area (Å²) in [6.07, 6.45) is 0.848. The molecule has 1 heterocycles. The van der Waals surface area contributed by atoms with Crippen LogP contribution in [0.2, 0.25) is 0 Å². The first-order valence-corrected chi connectivity index (χ1v) is 9.41. The van der Waals surface area contributed by atoms with Gasteiger partial charge in [0.2, 0.25) is 0 Å². The van der Waals surface area contributed by atoms with E-state index in [0.29, 0.717) is 29.5 Å². The molecule has 1 aromatic carbocycles. The highest BCUT2D eigenvalue weighted by Gasteiger charge is 2.34. The van der Waals surface area contributed by atoms with Crippen LogP contribution in [0.5, 0.6) is 0 Å². The molecule has 27 heavy (non-hydrogen) atoms. The minimum absolute atomic E-state index is 0.0237. The molecule has 5 heteroatoms. The first kappa shape index (κ1) is 19.2. The van der Waals surface area contributed by atoms with Crippen LogP contribution in [0.3, 0.4) is 0 Å². The minimum atomic E-state index is -0.716. The molecule has 1 fully saturated rings. The number of hydrogen-bond donors (Lipinski definition) is 2. The lowest BCUT2D eigenvalue weighted by atomic mass is 9.89. The lowest BCUT2D eigenvalue weighted by Gasteiger charge is -2.21. The zero-order chi connectivity index (χ0) is 19.6. The van der Waals surface area contributed by atoms with Crippen LogP contribution in [-0.2, 0) is 0 Å². The maximum atomic E-state index is 12.8. The molecular formula is C22H26N2O3. The van der Waals surface area contributed by atoms with Gasteiger partial charge in [-0.05, 0) is 42.9 Å². The molecule has 2 aromatic rings. The molecule has 0 aliphatic heterocycles. The van der Waals surface area contributed by atoms with Gasteiger partial charge in [0.25, 0.3) is 5.91 Å². The number of aromatic nitrogens is 1. The third-order valence-electron chi connectivity index (χ3n) is 5.31. The number of carbonyl (C=O) groups is 2. The van der Waals surface area contributed by atoms with E-state index in [4.69, 9.17) is 0 Å². The van der Waals surface area contributed by atoms with Crippen molar-refractivity contribution in [1.82, 2.24) is 10.3 Å². The topological polar surface area (TPSA) is 79.3 Å². The molecule has 1 aliphatic rings. The smallest absolute Gasteiger partial charge is 0.269 e. The van der Waals surface area contributed by atoms with Gasteiger partial charge in [0.1, 0.15) is 5.69 Å². The van der Waals surface area contributed by atoms with Crippen LogP contribution >= 0.6 is 0 Å². The second-order valence-electron chi connectivity index (χ2n) is 7.47. The van der Waals surface area contributed by atoms with Crippen molar-refractivity contribution in [1.29, 1.82) is 0 Å². The van der Waals surface area contributed by atoms with E-state index in [-0.39, 0.29) is 17.4 Å². The average Bonchev–Trinajstić information content (AvgIpc) is 3.36. The number of nitrogens with one attached hydrogen (secondary N) is 1. The Labute approximate surface area is 159 Å². The van der Waals surface area contributed by atoms with Gasteiger partial charge in [-0.1, -0.05) is 37.3 Å². The zero-order valence-corrected chi connectivity index (χ0v) is 16.0. The number of pyridine rings is 1. The van der Waals surface area contributed by atoms with Crippen LogP contribution in [0.4, 0.5) is 0 Å². The predicted octanol–water partition coefficient (Wildman–Crippen LogP) is 3.18. The van der Waals surface area contributed by atoms with Crippen molar-refractivity contribution in [3.8, 4) is 0 Å². The molecule has 0 spiro atoms. The summed E-state index contributed by atoms with van der Waals surface area (Å²) >= 11 is 0. The summed E-state index contributed by atoms with van der Waals surface area (Å²) in [4.78, 5) is 29.4. The number of aliphatic hydroxyl groups excluding tert-OH is 1. The maximum Gasteiger partial charge on any atom is 0.269 e. The number of aliphatic hydroxyl groups is 1. The van der Waals surface area contributed by atoms with Gasteiger partial charge in [-0.3, -0.25) is 9.59 Å². The molecule has 2 unspecified atom stereocenters. The van der Waals surface area contributed by atoms with E-state index in [1.54, 1.807) is 19.1 Å². The summed E-state index contributed by atoms with van der Waals surface area (Å²) in [5, 5.41) is 13.0. The number of carbonyl (C=O) groups excluding carboxylic acids is 2. The first-order chi connectivity index (χ1) is 12.9. The van der Waals surface area contributed by atoms with E-state index >= 15 is 0 Å². The summed E-state index contributed by atoms with van der Waals surface area (Å²) in [5.74, 6) is 0.281. The fourth-order valence-electron chi connectivity index (χ4n) is 3.51. The fourth-order valence-corrected chi connectivity index (χ4v) is 3.51. The molecule has 0 bridgehead atoms. The molecular weight excluding hydrogens is 340 g/mol. The van der Waals surface area contributed by atoms with Crippen LogP contribution in [0.25, 0.3) is 0 Å². The Bertz CT molecular complexity index is 833. The van der Waals surface area contributed by atoms with E-state index in [1.165, 1.54) is 7.05 Å². The molecule has 1 aromatic heterocycles. The van der Waals surface area contributed by atoms with Crippen LogP contribution in [0.1, 0.15) is 64.7 Å². The average molecular weight is 366 g/mol. The molecule has 142 valence electrons. The maximum absolute atomic E-state index is 12.8. The third-order valence-corrected chi connectivity index (χ3v) is 5.31. The number of nitrogens with zero attached hydrogens (tertiary/aromatic N) is 1. The fraction of sp³-hybridized carbons (Fsp3) is 0.409. The predicted molar refractivity (Wildman–Crippen MR) is 104 cm³/mol. The highest BCUT2D eigenvalue weighted by atomic mass is 16.3. The van der Waals surface area contributed by atoms with Gasteiger partial charge in [-0.25, -0.2) is 4.98 Å². The van der Waals surface area contributed by atoms with Crippen molar-refractivity contribution >= 4 is 11.7 Å². The van der Waals surface area contributed by atoms with Gasteiger partial charge in [-0.15, -0.1) is 0 Å². The molecule has 0 saturated heterocycles. The largest absolute Gasteiger partial charge is 0.392 e. The van der Waals surface area contributed by atoms with E-state index < -0.39 is 12.0 Å². The van der Waals surface area contributed by atoms with Crippen molar-refractivity contribution in [2.45, 2.75) is 38.7 Å². The highest BCUT2D eigenvalue weighted by Crippen LogP contribution is 2.41. The molecule has 0 radical (unpaired) electrons. The third kappa shape index (κ3) is 4.42. The molecule has 5 nitrogen and oxygen atoms in total. The van der Waals surface area contributed by atoms with Crippen LogP contribution in [0, 0.1) is 11.8 Å². The van der Waals surface area contributed by atoms with Gasteiger partial charge < -0.3 is 10.4 Å². The lowest BCUT2D eigenvalue weighted by molar-refractivity contribution is 0.0957. The molecule has 1 aliphatic carbocycles. The Morgan fingerprint density at radius 1 is 1.26 bits per heavy atom. The van der Waals surface area contributed by atoms with Gasteiger partial charge in [-0.2, -0.15) is 0 Å². The van der Waals surface area contributed by atoms with E-state index in [0.717, 1.165) is 12.0 Å². The van der Waals surface area contributed by atoms with Gasteiger partial charge in [0.15, 0.2) is 5.78 Å². The molecule has 2 N–H and O–H groups in total. The molecule has 4 atom stereocenters. The van der Waals surface area contributed by atoms with Gasteiger partial charge in [0, 0.05) is 19.0 Å². The van der Waals surface area contributed by atoms with E-state index in [2.05, 4.69) is 17.2 Å². The number of Topliss-reactive ketones (excluding diaryl/α,β-unsaturated/α-hetero) is 1. The summed E-state index contributed by atoms with van der Waals surface area (Å²) in [6.45, 7) is 3.84. The summed E-state index contributed by atoms with van der Waals surface area (Å²) in [7, 11) is 1.54. The first-order valence-electron chi connectivity index (χ1n) is 9.41. The van der Waals surface area contributed by atoms with Crippen LogP contribution in [0.15, 0.2) is 42.5 Å². The summed E-state index contributed by atoms with van der Waals surface area (Å²) < 4.78 is 0. The molecule has 3 rings (SSSR count). The number of rotatable bonds is 7. The number of amides is 1. The van der Waals surface area contributed by atoms with Gasteiger partial charge >= 0.3 is 0 Å². The van der Waals surface area contributed by atoms with Crippen molar-refractivity contribution in [3.05, 3.63) is 65.0 Å². The molecule has 1 saturated carbocycles. The highest BCUT2D eigenvalue weighted by molar-refractivity contribution is 6.00. The van der Waals surface area contributed by atoms with Gasteiger partial charge in [0.05, 0.1) is 17.7 Å². The van der Waals surface area contributed by atoms with Crippen molar-refractivity contribution in [3.63, 3.8) is 0 Å². The Kier molecular flexibility index (Phi) is 5.71. The van der Waals surface area contributed by atoms with Crippen LogP contribution < -0.4 is 5.32 Å². The zero-order valence-electron chi connectivity index (χ0n) is 16.0. The monoisotopic (exact) mass is 366 g/mol. The summed E-state index contributed by atoms with van der Waals surface area (Å²) in [6, 6.07) is 12.8.